The van der Waals surface area contributed by atoms with Crippen molar-refractivity contribution in [2.24, 2.45) is 0 Å². The molecule has 2 aromatic carbocycles. The first kappa shape index (κ1) is 17.5. The lowest BCUT2D eigenvalue weighted by atomic mass is 9.95. The van der Waals surface area contributed by atoms with E-state index < -0.39 is 12.0 Å². The predicted molar refractivity (Wildman–Crippen MR) is 100.0 cm³/mol. The normalized spacial score (nSPS) is 17.0. The Hall–Kier alpha value is -3.34. The van der Waals surface area contributed by atoms with Gasteiger partial charge in [0.25, 0.3) is 0 Å². The van der Waals surface area contributed by atoms with Crippen molar-refractivity contribution in [1.29, 1.82) is 0 Å². The van der Waals surface area contributed by atoms with Crippen LogP contribution in [-0.2, 0) is 9.53 Å². The fourth-order valence-electron chi connectivity index (χ4n) is 2.79. The molecule has 1 atom stereocenters. The molecule has 2 amide bonds. The summed E-state index contributed by atoms with van der Waals surface area (Å²) < 4.78 is 5.23. The molecule has 0 saturated carbocycles. The van der Waals surface area contributed by atoms with Crippen molar-refractivity contribution in [3.8, 4) is 0 Å². The van der Waals surface area contributed by atoms with Gasteiger partial charge in [-0.2, -0.15) is 0 Å². The molecule has 26 heavy (non-hydrogen) atoms. The molecule has 0 fully saturated rings. The van der Waals surface area contributed by atoms with Crippen molar-refractivity contribution in [3.63, 3.8) is 0 Å². The van der Waals surface area contributed by atoms with Crippen molar-refractivity contribution in [3.05, 3.63) is 89.1 Å². The molecular weight excluding hydrogens is 328 g/mol. The van der Waals surface area contributed by atoms with Gasteiger partial charge in [-0.05, 0) is 24.1 Å². The van der Waals surface area contributed by atoms with Crippen LogP contribution in [-0.4, -0.2) is 18.6 Å². The Balaban J connectivity index is 2.05. The summed E-state index contributed by atoms with van der Waals surface area (Å²) in [6, 6.07) is 18.1. The van der Waals surface area contributed by atoms with E-state index in [1.165, 1.54) is 0 Å². The van der Waals surface area contributed by atoms with E-state index in [1.807, 2.05) is 66.7 Å². The summed E-state index contributed by atoms with van der Waals surface area (Å²) in [4.78, 5) is 24.8. The van der Waals surface area contributed by atoms with Gasteiger partial charge in [-0.25, -0.2) is 9.59 Å². The summed E-state index contributed by atoms with van der Waals surface area (Å²) in [5.74, 6) is -0.457. The first-order valence-electron chi connectivity index (χ1n) is 8.46. The zero-order chi connectivity index (χ0) is 18.4. The van der Waals surface area contributed by atoms with E-state index in [0.717, 1.165) is 11.1 Å². The van der Waals surface area contributed by atoms with E-state index in [9.17, 15) is 9.59 Å². The lowest BCUT2D eigenvalue weighted by Crippen LogP contribution is -2.45. The predicted octanol–water partition coefficient (Wildman–Crippen LogP) is 3.57. The lowest BCUT2D eigenvalue weighted by molar-refractivity contribution is -0.139. The standard InChI is InChI=1S/C21H20N2O3/c1-2-26-20(24)18-17(14-13-15-9-5-3-6-10-15)22-21(25)23-19(18)16-11-7-4-8-12-16/h3-14,19H,2H2,1H3,(H2,22,23,25)/b14-13-/t19-/m0/s1. The molecule has 0 saturated heterocycles. The number of hydrogen-bond donors (Lipinski definition) is 2. The minimum Gasteiger partial charge on any atom is -0.463 e. The second-order valence-electron chi connectivity index (χ2n) is 5.73. The van der Waals surface area contributed by atoms with Crippen molar-refractivity contribution in [2.45, 2.75) is 13.0 Å². The highest BCUT2D eigenvalue weighted by Gasteiger charge is 2.32. The van der Waals surface area contributed by atoms with Gasteiger partial charge in [0.15, 0.2) is 0 Å². The smallest absolute Gasteiger partial charge is 0.338 e. The molecule has 0 spiro atoms. The molecule has 0 radical (unpaired) electrons. The highest BCUT2D eigenvalue weighted by atomic mass is 16.5. The maximum absolute atomic E-state index is 12.6. The Morgan fingerprint density at radius 3 is 2.35 bits per heavy atom. The van der Waals surface area contributed by atoms with Gasteiger partial charge in [-0.1, -0.05) is 66.7 Å². The van der Waals surface area contributed by atoms with E-state index in [0.29, 0.717) is 11.3 Å². The first-order valence-corrected chi connectivity index (χ1v) is 8.46. The van der Waals surface area contributed by atoms with Crippen LogP contribution in [0.15, 0.2) is 78.0 Å². The molecule has 0 unspecified atom stereocenters. The van der Waals surface area contributed by atoms with Gasteiger partial charge in [-0.15, -0.1) is 0 Å². The lowest BCUT2D eigenvalue weighted by Gasteiger charge is -2.28. The third-order valence-corrected chi connectivity index (χ3v) is 3.97. The highest BCUT2D eigenvalue weighted by molar-refractivity contribution is 5.96. The van der Waals surface area contributed by atoms with Crippen LogP contribution in [0.4, 0.5) is 4.79 Å². The Morgan fingerprint density at radius 1 is 1.04 bits per heavy atom. The molecule has 5 nitrogen and oxygen atoms in total. The summed E-state index contributed by atoms with van der Waals surface area (Å²) in [5.41, 5.74) is 2.60. The van der Waals surface area contributed by atoms with Crippen LogP contribution in [0.5, 0.6) is 0 Å². The Bertz CT molecular complexity index is 842. The number of urea groups is 1. The summed E-state index contributed by atoms with van der Waals surface area (Å²) in [5, 5.41) is 5.53. The molecule has 0 bridgehead atoms. The molecular formula is C21H20N2O3. The molecule has 2 aromatic rings. The van der Waals surface area contributed by atoms with Gasteiger partial charge < -0.3 is 15.4 Å². The molecule has 1 aliphatic rings. The van der Waals surface area contributed by atoms with Crippen LogP contribution in [0.1, 0.15) is 24.1 Å². The topological polar surface area (TPSA) is 67.4 Å². The Labute approximate surface area is 152 Å². The zero-order valence-corrected chi connectivity index (χ0v) is 14.4. The summed E-state index contributed by atoms with van der Waals surface area (Å²) in [7, 11) is 0. The fourth-order valence-corrected chi connectivity index (χ4v) is 2.79. The molecule has 2 N–H and O–H groups in total. The van der Waals surface area contributed by atoms with Crippen molar-refractivity contribution >= 4 is 18.1 Å². The SMILES string of the molecule is CCOC(=O)C1=C(/C=C\c2ccccc2)NC(=O)N[C@H]1c1ccccc1. The number of benzene rings is 2. The van der Waals surface area contributed by atoms with Crippen LogP contribution in [0.3, 0.4) is 0 Å². The minimum absolute atomic E-state index is 0.257. The van der Waals surface area contributed by atoms with Gasteiger partial charge in [0, 0.05) is 0 Å². The summed E-state index contributed by atoms with van der Waals surface area (Å²) in [6.07, 6.45) is 3.58. The third kappa shape index (κ3) is 4.00. The van der Waals surface area contributed by atoms with E-state index in [1.54, 1.807) is 13.0 Å². The number of carbonyl (C=O) groups excluding carboxylic acids is 2. The van der Waals surface area contributed by atoms with Crippen molar-refractivity contribution < 1.29 is 14.3 Å². The van der Waals surface area contributed by atoms with Crippen LogP contribution in [0, 0.1) is 0 Å². The van der Waals surface area contributed by atoms with Crippen molar-refractivity contribution in [1.82, 2.24) is 10.6 Å². The average molecular weight is 348 g/mol. The molecule has 0 aromatic heterocycles. The molecule has 0 aliphatic carbocycles. The number of rotatable bonds is 5. The minimum atomic E-state index is -0.570. The first-order chi connectivity index (χ1) is 12.7. The van der Waals surface area contributed by atoms with Gasteiger partial charge in [0.05, 0.1) is 23.9 Å². The Kier molecular flexibility index (Phi) is 5.49. The molecule has 3 rings (SSSR count). The number of ether oxygens (including phenoxy) is 1. The van der Waals surface area contributed by atoms with Crippen molar-refractivity contribution in [2.75, 3.05) is 6.61 Å². The van der Waals surface area contributed by atoms with E-state index in [-0.39, 0.29) is 12.6 Å². The Morgan fingerprint density at radius 2 is 1.69 bits per heavy atom. The van der Waals surface area contributed by atoms with Crippen LogP contribution in [0.25, 0.3) is 6.08 Å². The maximum atomic E-state index is 12.6. The fraction of sp³-hybridized carbons (Fsp3) is 0.143. The quantitative estimate of drug-likeness (QED) is 0.812. The number of carbonyl (C=O) groups is 2. The van der Waals surface area contributed by atoms with Gasteiger partial charge in [0.1, 0.15) is 0 Å². The van der Waals surface area contributed by atoms with Gasteiger partial charge in [-0.3, -0.25) is 0 Å². The highest BCUT2D eigenvalue weighted by Crippen LogP contribution is 2.28. The van der Waals surface area contributed by atoms with Crippen LogP contribution >= 0.6 is 0 Å². The number of nitrogens with one attached hydrogen (secondary N) is 2. The maximum Gasteiger partial charge on any atom is 0.338 e. The summed E-state index contributed by atoms with van der Waals surface area (Å²) >= 11 is 0. The molecule has 1 aliphatic heterocycles. The zero-order valence-electron chi connectivity index (χ0n) is 14.4. The van der Waals surface area contributed by atoms with E-state index >= 15 is 0 Å². The number of amides is 2. The third-order valence-electron chi connectivity index (χ3n) is 3.97. The van der Waals surface area contributed by atoms with E-state index in [2.05, 4.69) is 10.6 Å². The number of hydrogen-bond acceptors (Lipinski definition) is 3. The summed E-state index contributed by atoms with van der Waals surface area (Å²) in [6.45, 7) is 2.01. The molecule has 5 heteroatoms. The number of esters is 1. The monoisotopic (exact) mass is 348 g/mol. The van der Waals surface area contributed by atoms with Gasteiger partial charge >= 0.3 is 12.0 Å². The molecule has 132 valence electrons. The van der Waals surface area contributed by atoms with Gasteiger partial charge in [0.2, 0.25) is 0 Å². The second-order valence-corrected chi connectivity index (χ2v) is 5.73. The average Bonchev–Trinajstić information content (AvgIpc) is 2.67. The second kappa shape index (κ2) is 8.16. The van der Waals surface area contributed by atoms with Crippen LogP contribution in [0.2, 0.25) is 0 Å². The molecule has 1 heterocycles. The largest absolute Gasteiger partial charge is 0.463 e. The van der Waals surface area contributed by atoms with E-state index in [4.69, 9.17) is 4.74 Å². The van der Waals surface area contributed by atoms with Crippen LogP contribution < -0.4 is 10.6 Å². The number of allylic oxidation sites excluding steroid dienone is 1.